The highest BCUT2D eigenvalue weighted by Gasteiger charge is 2.24. The lowest BCUT2D eigenvalue weighted by Crippen LogP contribution is -2.43. The number of hydrogen-bond donors (Lipinski definition) is 2. The first-order chi connectivity index (χ1) is 9.97. The van der Waals surface area contributed by atoms with Gasteiger partial charge in [0.15, 0.2) is 0 Å². The van der Waals surface area contributed by atoms with E-state index >= 15 is 0 Å². The molecular formula is C16H24ClN3O. The van der Waals surface area contributed by atoms with Gasteiger partial charge < -0.3 is 11.1 Å². The van der Waals surface area contributed by atoms with Crippen molar-refractivity contribution in [1.29, 1.82) is 0 Å². The Labute approximate surface area is 131 Å². The molecule has 1 amide bonds. The van der Waals surface area contributed by atoms with Crippen LogP contribution in [0.2, 0.25) is 5.02 Å². The Kier molecular flexibility index (Phi) is 5.48. The molecule has 1 heterocycles. The Balaban J connectivity index is 1.84. The molecule has 1 fully saturated rings. The van der Waals surface area contributed by atoms with E-state index in [1.54, 1.807) is 18.2 Å². The summed E-state index contributed by atoms with van der Waals surface area (Å²) in [6.07, 6.45) is 2.99. The van der Waals surface area contributed by atoms with Gasteiger partial charge >= 0.3 is 0 Å². The first kappa shape index (κ1) is 16.1. The van der Waals surface area contributed by atoms with Crippen LogP contribution in [0.15, 0.2) is 18.2 Å². The van der Waals surface area contributed by atoms with Crippen molar-refractivity contribution in [3.63, 3.8) is 0 Å². The second-order valence-electron chi connectivity index (χ2n) is 5.93. The molecule has 0 saturated carbocycles. The Morgan fingerprint density at radius 3 is 2.95 bits per heavy atom. The molecule has 3 N–H and O–H groups in total. The van der Waals surface area contributed by atoms with Gasteiger partial charge in [0.2, 0.25) is 5.91 Å². The standard InChI is InChI=1S/C16H24ClN3O/c1-11-4-3-8-20(12(11)2)9-7-16(21)19-15-6-5-13(18)10-14(15)17/h5-6,10-12H,3-4,7-9,18H2,1-2H3,(H,19,21). The number of nitrogen functional groups attached to an aromatic ring is 1. The maximum Gasteiger partial charge on any atom is 0.225 e. The molecule has 1 saturated heterocycles. The van der Waals surface area contributed by atoms with Crippen LogP contribution < -0.4 is 11.1 Å². The van der Waals surface area contributed by atoms with Crippen LogP contribution in [-0.2, 0) is 4.79 Å². The van der Waals surface area contributed by atoms with E-state index in [-0.39, 0.29) is 5.91 Å². The summed E-state index contributed by atoms with van der Waals surface area (Å²) in [5.41, 5.74) is 6.85. The molecule has 1 aromatic carbocycles. The van der Waals surface area contributed by atoms with Crippen LogP contribution in [0.5, 0.6) is 0 Å². The molecule has 0 aliphatic carbocycles. The lowest BCUT2D eigenvalue weighted by atomic mass is 9.92. The summed E-state index contributed by atoms with van der Waals surface area (Å²) in [6, 6.07) is 5.66. The van der Waals surface area contributed by atoms with Gasteiger partial charge in [0.1, 0.15) is 0 Å². The molecule has 21 heavy (non-hydrogen) atoms. The number of amides is 1. The van der Waals surface area contributed by atoms with E-state index in [0.717, 1.165) is 13.1 Å². The fourth-order valence-corrected chi connectivity index (χ4v) is 3.06. The van der Waals surface area contributed by atoms with Gasteiger partial charge in [-0.3, -0.25) is 9.69 Å². The zero-order valence-corrected chi connectivity index (χ0v) is 13.5. The van der Waals surface area contributed by atoms with Crippen molar-refractivity contribution in [2.45, 2.75) is 39.2 Å². The molecule has 116 valence electrons. The fourth-order valence-electron chi connectivity index (χ4n) is 2.83. The van der Waals surface area contributed by atoms with Crippen molar-refractivity contribution in [3.8, 4) is 0 Å². The van der Waals surface area contributed by atoms with Gasteiger partial charge in [0, 0.05) is 24.7 Å². The first-order valence-electron chi connectivity index (χ1n) is 7.56. The Hall–Kier alpha value is -1.26. The van der Waals surface area contributed by atoms with E-state index in [1.165, 1.54) is 12.8 Å². The third kappa shape index (κ3) is 4.35. The zero-order chi connectivity index (χ0) is 15.4. The predicted molar refractivity (Wildman–Crippen MR) is 88.5 cm³/mol. The summed E-state index contributed by atoms with van der Waals surface area (Å²) in [5, 5.41) is 3.33. The lowest BCUT2D eigenvalue weighted by Gasteiger charge is -2.37. The molecule has 0 bridgehead atoms. The van der Waals surface area contributed by atoms with Crippen LogP contribution in [0.25, 0.3) is 0 Å². The van der Waals surface area contributed by atoms with Crippen LogP contribution in [0.4, 0.5) is 11.4 Å². The van der Waals surface area contributed by atoms with E-state index in [4.69, 9.17) is 17.3 Å². The molecule has 1 aliphatic heterocycles. The van der Waals surface area contributed by atoms with Crippen molar-refractivity contribution in [1.82, 2.24) is 4.90 Å². The summed E-state index contributed by atoms with van der Waals surface area (Å²) in [5.74, 6) is 0.695. The largest absolute Gasteiger partial charge is 0.399 e. The van der Waals surface area contributed by atoms with Crippen molar-refractivity contribution >= 4 is 28.9 Å². The van der Waals surface area contributed by atoms with E-state index in [9.17, 15) is 4.79 Å². The number of nitrogens with two attached hydrogens (primary N) is 1. The fraction of sp³-hybridized carbons (Fsp3) is 0.562. The number of halogens is 1. The number of nitrogens with zero attached hydrogens (tertiary/aromatic N) is 1. The van der Waals surface area contributed by atoms with Crippen LogP contribution >= 0.6 is 11.6 Å². The molecule has 2 rings (SSSR count). The van der Waals surface area contributed by atoms with Gasteiger partial charge in [-0.25, -0.2) is 0 Å². The van der Waals surface area contributed by atoms with Crippen LogP contribution in [0.1, 0.15) is 33.1 Å². The van der Waals surface area contributed by atoms with Crippen molar-refractivity contribution in [3.05, 3.63) is 23.2 Å². The monoisotopic (exact) mass is 309 g/mol. The SMILES string of the molecule is CC1CCCN(CCC(=O)Nc2ccc(N)cc2Cl)C1C. The highest BCUT2D eigenvalue weighted by molar-refractivity contribution is 6.34. The Bertz CT molecular complexity index is 506. The van der Waals surface area contributed by atoms with Crippen molar-refractivity contribution in [2.75, 3.05) is 24.1 Å². The first-order valence-corrected chi connectivity index (χ1v) is 7.94. The molecule has 4 nitrogen and oxygen atoms in total. The molecule has 1 aliphatic rings. The maximum absolute atomic E-state index is 12.1. The normalized spacial score (nSPS) is 23.0. The topological polar surface area (TPSA) is 58.4 Å². The van der Waals surface area contributed by atoms with Gasteiger partial charge in [0.25, 0.3) is 0 Å². The number of benzene rings is 1. The third-order valence-corrected chi connectivity index (χ3v) is 4.71. The van der Waals surface area contributed by atoms with Crippen LogP contribution in [0, 0.1) is 5.92 Å². The minimum Gasteiger partial charge on any atom is -0.399 e. The van der Waals surface area contributed by atoms with Crippen molar-refractivity contribution in [2.24, 2.45) is 5.92 Å². The second kappa shape index (κ2) is 7.14. The van der Waals surface area contributed by atoms with E-state index < -0.39 is 0 Å². The smallest absolute Gasteiger partial charge is 0.225 e. The molecule has 2 atom stereocenters. The number of piperidine rings is 1. The Morgan fingerprint density at radius 2 is 2.24 bits per heavy atom. The van der Waals surface area contributed by atoms with E-state index in [0.29, 0.717) is 34.8 Å². The van der Waals surface area contributed by atoms with Crippen LogP contribution in [0.3, 0.4) is 0 Å². The Morgan fingerprint density at radius 1 is 1.48 bits per heavy atom. The number of likely N-dealkylation sites (tertiary alicyclic amines) is 1. The average molecular weight is 310 g/mol. The summed E-state index contributed by atoms with van der Waals surface area (Å²) in [7, 11) is 0. The molecule has 5 heteroatoms. The molecule has 0 radical (unpaired) electrons. The van der Waals surface area contributed by atoms with E-state index in [1.807, 2.05) is 0 Å². The molecule has 0 spiro atoms. The zero-order valence-electron chi connectivity index (χ0n) is 12.7. The summed E-state index contributed by atoms with van der Waals surface area (Å²) in [4.78, 5) is 14.5. The lowest BCUT2D eigenvalue weighted by molar-refractivity contribution is -0.116. The highest BCUT2D eigenvalue weighted by atomic mass is 35.5. The number of anilines is 2. The molecular weight excluding hydrogens is 286 g/mol. The molecule has 2 unspecified atom stereocenters. The molecule has 1 aromatic rings. The minimum absolute atomic E-state index is 0.00732. The second-order valence-corrected chi connectivity index (χ2v) is 6.34. The number of rotatable bonds is 4. The van der Waals surface area contributed by atoms with Crippen LogP contribution in [-0.4, -0.2) is 29.9 Å². The average Bonchev–Trinajstić information content (AvgIpc) is 2.43. The highest BCUT2D eigenvalue weighted by Crippen LogP contribution is 2.25. The van der Waals surface area contributed by atoms with Gasteiger partial charge in [-0.05, 0) is 50.4 Å². The van der Waals surface area contributed by atoms with Gasteiger partial charge in [0.05, 0.1) is 10.7 Å². The maximum atomic E-state index is 12.1. The predicted octanol–water partition coefficient (Wildman–Crippen LogP) is 3.37. The van der Waals surface area contributed by atoms with Gasteiger partial charge in [-0.1, -0.05) is 18.5 Å². The number of nitrogens with one attached hydrogen (secondary N) is 1. The summed E-state index contributed by atoms with van der Waals surface area (Å²) in [6.45, 7) is 6.41. The number of carbonyl (C=O) groups is 1. The number of carbonyl (C=O) groups excluding carboxylic acids is 1. The third-order valence-electron chi connectivity index (χ3n) is 4.40. The number of hydrogen-bond acceptors (Lipinski definition) is 3. The van der Waals surface area contributed by atoms with Crippen molar-refractivity contribution < 1.29 is 4.79 Å². The van der Waals surface area contributed by atoms with Gasteiger partial charge in [-0.2, -0.15) is 0 Å². The molecule has 0 aromatic heterocycles. The summed E-state index contributed by atoms with van der Waals surface area (Å²) >= 11 is 6.06. The summed E-state index contributed by atoms with van der Waals surface area (Å²) < 4.78 is 0. The van der Waals surface area contributed by atoms with E-state index in [2.05, 4.69) is 24.1 Å². The quantitative estimate of drug-likeness (QED) is 0.838. The van der Waals surface area contributed by atoms with Gasteiger partial charge in [-0.15, -0.1) is 0 Å². The minimum atomic E-state index is -0.00732.